The first-order valence-corrected chi connectivity index (χ1v) is 7.29. The van der Waals surface area contributed by atoms with Gasteiger partial charge in [0.25, 0.3) is 0 Å². The fourth-order valence-corrected chi connectivity index (χ4v) is 3.35. The minimum Gasteiger partial charge on any atom is -0.204 e. The summed E-state index contributed by atoms with van der Waals surface area (Å²) in [5.74, 6) is -0.0767. The number of halogens is 2. The van der Waals surface area contributed by atoms with Crippen molar-refractivity contribution in [2.75, 3.05) is 6.26 Å². The number of thiophene rings is 1. The van der Waals surface area contributed by atoms with Gasteiger partial charge in [0.15, 0.2) is 5.82 Å². The van der Waals surface area contributed by atoms with Crippen LogP contribution in [0.25, 0.3) is 10.1 Å². The second kappa shape index (κ2) is 4.21. The smallest absolute Gasteiger partial charge is 0.154 e. The number of fused-ring (bicyclic) bond motifs is 1. The summed E-state index contributed by atoms with van der Waals surface area (Å²) >= 11 is 6.34. The van der Waals surface area contributed by atoms with Crippen LogP contribution in [0.4, 0.5) is 4.39 Å². The summed E-state index contributed by atoms with van der Waals surface area (Å²) in [6.07, 6.45) is 1.90. The fraction of sp³-hybridized carbons (Fsp3) is 0.200. The summed E-state index contributed by atoms with van der Waals surface area (Å²) in [7, 11) is 0. The second-order valence-electron chi connectivity index (χ2n) is 2.85. The Morgan fingerprint density at radius 3 is 3.00 bits per heavy atom. The zero-order valence-electron chi connectivity index (χ0n) is 7.51. The summed E-state index contributed by atoms with van der Waals surface area (Å²) in [6, 6.07) is 3.90. The molecular weight excluding hydrogens is 283 g/mol. The SMILES string of the molecule is CSc1cc(CBr)c2ccsc2c1F. The van der Waals surface area contributed by atoms with Gasteiger partial charge in [0.2, 0.25) is 0 Å². The second-order valence-corrected chi connectivity index (χ2v) is 5.17. The first kappa shape index (κ1) is 10.5. The van der Waals surface area contributed by atoms with Crippen molar-refractivity contribution in [3.05, 3.63) is 28.9 Å². The topological polar surface area (TPSA) is 0 Å². The molecule has 0 nitrogen and oxygen atoms in total. The lowest BCUT2D eigenvalue weighted by Gasteiger charge is -2.04. The number of rotatable bonds is 2. The third-order valence-electron chi connectivity index (χ3n) is 2.10. The highest BCUT2D eigenvalue weighted by Crippen LogP contribution is 2.34. The average molecular weight is 291 g/mol. The summed E-state index contributed by atoms with van der Waals surface area (Å²) in [4.78, 5) is 0.731. The fourth-order valence-electron chi connectivity index (χ4n) is 1.40. The molecule has 1 aromatic carbocycles. The Labute approximate surface area is 98.6 Å². The van der Waals surface area contributed by atoms with E-state index in [4.69, 9.17) is 0 Å². The quantitative estimate of drug-likeness (QED) is 0.573. The summed E-state index contributed by atoms with van der Waals surface area (Å²) in [5, 5.41) is 3.74. The molecule has 0 aliphatic heterocycles. The Hall–Kier alpha value is -0.0600. The molecule has 0 saturated heterocycles. The molecule has 0 aliphatic carbocycles. The predicted octanol–water partition coefficient (Wildman–Crippen LogP) is 4.66. The van der Waals surface area contributed by atoms with Crippen LogP contribution in [0.2, 0.25) is 0 Å². The summed E-state index contributed by atoms with van der Waals surface area (Å²) in [5.41, 5.74) is 1.16. The van der Waals surface area contributed by atoms with Crippen molar-refractivity contribution in [1.29, 1.82) is 0 Å². The number of thioether (sulfide) groups is 1. The van der Waals surface area contributed by atoms with E-state index in [-0.39, 0.29) is 5.82 Å². The first-order chi connectivity index (χ1) is 6.77. The summed E-state index contributed by atoms with van der Waals surface area (Å²) < 4.78 is 14.6. The van der Waals surface area contributed by atoms with E-state index >= 15 is 0 Å². The molecule has 14 heavy (non-hydrogen) atoms. The van der Waals surface area contributed by atoms with E-state index in [9.17, 15) is 4.39 Å². The number of alkyl halides is 1. The van der Waals surface area contributed by atoms with Gasteiger partial charge in [-0.05, 0) is 34.7 Å². The Morgan fingerprint density at radius 1 is 1.57 bits per heavy atom. The molecule has 0 bridgehead atoms. The van der Waals surface area contributed by atoms with Crippen LogP contribution in [0.15, 0.2) is 22.4 Å². The molecule has 2 rings (SSSR count). The van der Waals surface area contributed by atoms with Gasteiger partial charge in [-0.2, -0.15) is 0 Å². The standard InChI is InChI=1S/C10H8BrFS2/c1-13-8-4-6(5-11)7-2-3-14-10(7)9(8)12/h2-4H,5H2,1H3. The maximum Gasteiger partial charge on any atom is 0.154 e. The molecule has 0 saturated carbocycles. The Balaban J connectivity index is 2.80. The molecule has 0 spiro atoms. The van der Waals surface area contributed by atoms with Crippen LogP contribution in [0, 0.1) is 5.82 Å². The van der Waals surface area contributed by atoms with Gasteiger partial charge in [0.1, 0.15) is 0 Å². The maximum absolute atomic E-state index is 13.8. The maximum atomic E-state index is 13.8. The molecule has 1 heterocycles. The lowest BCUT2D eigenvalue weighted by molar-refractivity contribution is 0.616. The number of benzene rings is 1. The molecule has 74 valence electrons. The predicted molar refractivity (Wildman–Crippen MR) is 66.2 cm³/mol. The van der Waals surface area contributed by atoms with Gasteiger partial charge >= 0.3 is 0 Å². The highest BCUT2D eigenvalue weighted by Gasteiger charge is 2.11. The average Bonchev–Trinajstić information content (AvgIpc) is 2.68. The van der Waals surface area contributed by atoms with E-state index in [1.165, 1.54) is 23.1 Å². The van der Waals surface area contributed by atoms with Gasteiger partial charge < -0.3 is 0 Å². The van der Waals surface area contributed by atoms with Crippen molar-refractivity contribution in [3.63, 3.8) is 0 Å². The highest BCUT2D eigenvalue weighted by molar-refractivity contribution is 9.08. The van der Waals surface area contributed by atoms with Gasteiger partial charge in [-0.15, -0.1) is 23.1 Å². The molecule has 2 aromatic rings. The van der Waals surface area contributed by atoms with E-state index in [1.54, 1.807) is 0 Å². The molecule has 4 heteroatoms. The third-order valence-corrected chi connectivity index (χ3v) is 4.34. The Morgan fingerprint density at radius 2 is 2.36 bits per heavy atom. The largest absolute Gasteiger partial charge is 0.204 e. The van der Waals surface area contributed by atoms with Crippen LogP contribution in [-0.4, -0.2) is 6.26 Å². The lowest BCUT2D eigenvalue weighted by Crippen LogP contribution is -1.86. The molecule has 0 atom stereocenters. The van der Waals surface area contributed by atoms with Crippen molar-refractivity contribution < 1.29 is 4.39 Å². The zero-order valence-corrected chi connectivity index (χ0v) is 10.7. The van der Waals surface area contributed by atoms with Crippen LogP contribution >= 0.6 is 39.0 Å². The Kier molecular flexibility index (Phi) is 3.14. The first-order valence-electron chi connectivity index (χ1n) is 4.06. The van der Waals surface area contributed by atoms with Crippen molar-refractivity contribution in [2.45, 2.75) is 10.2 Å². The van der Waals surface area contributed by atoms with Gasteiger partial charge in [-0.3, -0.25) is 0 Å². The monoisotopic (exact) mass is 290 g/mol. The van der Waals surface area contributed by atoms with E-state index in [2.05, 4.69) is 15.9 Å². The third kappa shape index (κ3) is 1.59. The molecule has 0 amide bonds. The molecule has 0 fully saturated rings. The molecule has 0 unspecified atom stereocenters. The lowest BCUT2D eigenvalue weighted by atomic mass is 10.1. The van der Waals surface area contributed by atoms with Gasteiger partial charge in [-0.1, -0.05) is 15.9 Å². The van der Waals surface area contributed by atoms with Crippen LogP contribution < -0.4 is 0 Å². The summed E-state index contributed by atoms with van der Waals surface area (Å²) in [6.45, 7) is 0. The van der Waals surface area contributed by atoms with Gasteiger partial charge in [0.05, 0.1) is 4.70 Å². The van der Waals surface area contributed by atoms with Gasteiger partial charge in [-0.25, -0.2) is 4.39 Å². The van der Waals surface area contributed by atoms with Crippen LogP contribution in [0.1, 0.15) is 5.56 Å². The van der Waals surface area contributed by atoms with E-state index < -0.39 is 0 Å². The number of hydrogen-bond donors (Lipinski definition) is 0. The van der Waals surface area contributed by atoms with E-state index in [0.717, 1.165) is 25.9 Å². The van der Waals surface area contributed by atoms with Crippen LogP contribution in [0.5, 0.6) is 0 Å². The van der Waals surface area contributed by atoms with Crippen molar-refractivity contribution in [2.24, 2.45) is 0 Å². The van der Waals surface area contributed by atoms with Crippen molar-refractivity contribution in [1.82, 2.24) is 0 Å². The highest BCUT2D eigenvalue weighted by atomic mass is 79.9. The molecule has 0 N–H and O–H groups in total. The molecular formula is C10H8BrFS2. The van der Waals surface area contributed by atoms with Crippen LogP contribution in [-0.2, 0) is 5.33 Å². The minimum atomic E-state index is -0.0767. The normalized spacial score (nSPS) is 11.1. The molecule has 0 radical (unpaired) electrons. The van der Waals surface area contributed by atoms with Crippen molar-refractivity contribution >= 4 is 49.1 Å². The zero-order chi connectivity index (χ0) is 10.1. The van der Waals surface area contributed by atoms with Crippen molar-refractivity contribution in [3.8, 4) is 0 Å². The minimum absolute atomic E-state index is 0.0767. The number of hydrogen-bond acceptors (Lipinski definition) is 2. The molecule has 1 aromatic heterocycles. The Bertz CT molecular complexity index is 464. The van der Waals surface area contributed by atoms with Gasteiger partial charge in [0, 0.05) is 10.2 Å². The van der Waals surface area contributed by atoms with E-state index in [0.29, 0.717) is 0 Å². The van der Waals surface area contributed by atoms with E-state index in [1.807, 2.05) is 23.8 Å². The van der Waals surface area contributed by atoms with Crippen LogP contribution in [0.3, 0.4) is 0 Å². The molecule has 0 aliphatic rings.